The molecule has 0 amide bonds. The molecule has 1 saturated heterocycles. The molecule has 20 heavy (non-hydrogen) atoms. The SMILES string of the molecule is Cc1cc(/C=C/B2OC(C)(C)C(C)(C)O2)nc(N)c1N. The van der Waals surface area contributed by atoms with Crippen LogP contribution in [0.1, 0.15) is 39.0 Å². The van der Waals surface area contributed by atoms with Gasteiger partial charge in [-0.05, 0) is 52.3 Å². The van der Waals surface area contributed by atoms with Crippen molar-refractivity contribution in [1.29, 1.82) is 0 Å². The van der Waals surface area contributed by atoms with E-state index in [9.17, 15) is 0 Å². The van der Waals surface area contributed by atoms with E-state index in [1.54, 1.807) is 0 Å². The Morgan fingerprint density at radius 2 is 1.70 bits per heavy atom. The molecule has 6 heteroatoms. The van der Waals surface area contributed by atoms with E-state index in [1.807, 2.05) is 52.7 Å². The van der Waals surface area contributed by atoms with Crippen LogP contribution in [0.4, 0.5) is 11.5 Å². The minimum atomic E-state index is -0.388. The van der Waals surface area contributed by atoms with E-state index in [-0.39, 0.29) is 18.3 Å². The first kappa shape index (κ1) is 14.9. The summed E-state index contributed by atoms with van der Waals surface area (Å²) in [5.74, 6) is 2.19. The molecule has 0 aromatic carbocycles. The molecule has 1 fully saturated rings. The van der Waals surface area contributed by atoms with E-state index >= 15 is 0 Å². The maximum Gasteiger partial charge on any atom is 0.487 e. The van der Waals surface area contributed by atoms with Gasteiger partial charge in [0, 0.05) is 0 Å². The Morgan fingerprint density at radius 3 is 2.20 bits per heavy atom. The van der Waals surface area contributed by atoms with E-state index in [4.69, 9.17) is 20.8 Å². The molecule has 0 radical (unpaired) electrons. The van der Waals surface area contributed by atoms with E-state index in [2.05, 4.69) is 4.98 Å². The molecule has 0 atom stereocenters. The predicted octanol–water partition coefficient (Wildman–Crippen LogP) is 2.20. The molecule has 1 aliphatic heterocycles. The van der Waals surface area contributed by atoms with E-state index in [0.717, 1.165) is 11.3 Å². The Morgan fingerprint density at radius 1 is 1.15 bits per heavy atom. The molecule has 2 rings (SSSR count). The Balaban J connectivity index is 2.16. The quantitative estimate of drug-likeness (QED) is 0.808. The number of hydrogen-bond donors (Lipinski definition) is 2. The highest BCUT2D eigenvalue weighted by molar-refractivity contribution is 6.52. The third-order valence-electron chi connectivity index (χ3n) is 4.01. The highest BCUT2D eigenvalue weighted by Crippen LogP contribution is 2.37. The van der Waals surface area contributed by atoms with E-state index in [0.29, 0.717) is 11.5 Å². The van der Waals surface area contributed by atoms with Crippen LogP contribution < -0.4 is 11.5 Å². The summed E-state index contributed by atoms with van der Waals surface area (Å²) in [4.78, 5) is 4.22. The van der Waals surface area contributed by atoms with Gasteiger partial charge in [0.1, 0.15) is 5.82 Å². The molecule has 4 N–H and O–H groups in total. The number of aromatic nitrogens is 1. The van der Waals surface area contributed by atoms with Gasteiger partial charge < -0.3 is 20.8 Å². The monoisotopic (exact) mass is 275 g/mol. The zero-order valence-corrected chi connectivity index (χ0v) is 12.7. The van der Waals surface area contributed by atoms with Gasteiger partial charge in [0.15, 0.2) is 0 Å². The highest BCUT2D eigenvalue weighted by atomic mass is 16.7. The Hall–Kier alpha value is -1.53. The second kappa shape index (κ2) is 4.79. The first-order valence-corrected chi connectivity index (χ1v) is 6.69. The lowest BCUT2D eigenvalue weighted by Crippen LogP contribution is -2.41. The number of anilines is 2. The summed E-state index contributed by atoms with van der Waals surface area (Å²) in [5, 5.41) is 0. The Labute approximate surface area is 120 Å². The molecule has 1 aromatic rings. The van der Waals surface area contributed by atoms with Crippen molar-refractivity contribution >= 4 is 24.7 Å². The van der Waals surface area contributed by atoms with Gasteiger partial charge in [-0.25, -0.2) is 4.98 Å². The maximum absolute atomic E-state index is 5.88. The molecule has 0 unspecified atom stereocenters. The molecule has 0 saturated carbocycles. The van der Waals surface area contributed by atoms with Gasteiger partial charge >= 0.3 is 7.12 Å². The van der Waals surface area contributed by atoms with E-state index < -0.39 is 0 Å². The first-order valence-electron chi connectivity index (χ1n) is 6.69. The predicted molar refractivity (Wildman–Crippen MR) is 82.9 cm³/mol. The second-order valence-electron chi connectivity index (χ2n) is 6.15. The molecule has 108 valence electrons. The molecule has 2 heterocycles. The van der Waals surface area contributed by atoms with Crippen LogP contribution in [0.3, 0.4) is 0 Å². The van der Waals surface area contributed by atoms with Crippen LogP contribution in [-0.4, -0.2) is 23.3 Å². The molecule has 1 aromatic heterocycles. The lowest BCUT2D eigenvalue weighted by atomic mass is 9.89. The minimum absolute atomic E-state index is 0.342. The van der Waals surface area contributed by atoms with Gasteiger partial charge in [-0.15, -0.1) is 0 Å². The van der Waals surface area contributed by atoms with Crippen molar-refractivity contribution in [3.05, 3.63) is 23.3 Å². The topological polar surface area (TPSA) is 83.4 Å². The van der Waals surface area contributed by atoms with Crippen LogP contribution in [-0.2, 0) is 9.31 Å². The summed E-state index contributed by atoms with van der Waals surface area (Å²) >= 11 is 0. The van der Waals surface area contributed by atoms with Gasteiger partial charge in [0.2, 0.25) is 0 Å². The summed E-state index contributed by atoms with van der Waals surface area (Å²) in [7, 11) is -0.388. The minimum Gasteiger partial charge on any atom is -0.400 e. The lowest BCUT2D eigenvalue weighted by Gasteiger charge is -2.32. The van der Waals surface area contributed by atoms with Gasteiger partial charge in [-0.1, -0.05) is 5.98 Å². The average molecular weight is 275 g/mol. The van der Waals surface area contributed by atoms with Gasteiger partial charge in [0.25, 0.3) is 0 Å². The Kier molecular flexibility index (Phi) is 3.56. The smallest absolute Gasteiger partial charge is 0.400 e. The fourth-order valence-corrected chi connectivity index (χ4v) is 1.96. The number of nitrogens with two attached hydrogens (primary N) is 2. The standard InChI is InChI=1S/C14H22BN3O2/c1-9-8-10(18-12(17)11(9)16)6-7-15-19-13(2,3)14(4,5)20-15/h6-8H,16H2,1-5H3,(H2,17,18)/b7-6+. The normalized spacial score (nSPS) is 20.8. The van der Waals surface area contributed by atoms with Gasteiger partial charge in [-0.3, -0.25) is 0 Å². The largest absolute Gasteiger partial charge is 0.487 e. The van der Waals surface area contributed by atoms with Crippen LogP contribution in [0, 0.1) is 6.92 Å². The summed E-state index contributed by atoms with van der Waals surface area (Å²) in [6.07, 6.45) is 1.84. The maximum atomic E-state index is 5.88. The van der Waals surface area contributed by atoms with Gasteiger partial charge in [0.05, 0.1) is 22.6 Å². The van der Waals surface area contributed by atoms with Crippen molar-refractivity contribution in [3.63, 3.8) is 0 Å². The fourth-order valence-electron chi connectivity index (χ4n) is 1.96. The Bertz CT molecular complexity index is 516. The van der Waals surface area contributed by atoms with Crippen molar-refractivity contribution in [3.8, 4) is 0 Å². The molecular formula is C14H22BN3O2. The van der Waals surface area contributed by atoms with Crippen LogP contribution in [0.15, 0.2) is 12.0 Å². The molecule has 0 spiro atoms. The third-order valence-corrected chi connectivity index (χ3v) is 4.01. The van der Waals surface area contributed by atoms with Crippen LogP contribution in [0.25, 0.3) is 6.08 Å². The lowest BCUT2D eigenvalue weighted by molar-refractivity contribution is 0.00578. The number of nitrogen functional groups attached to an aromatic ring is 2. The van der Waals surface area contributed by atoms with Crippen molar-refractivity contribution < 1.29 is 9.31 Å². The number of aryl methyl sites for hydroxylation is 1. The summed E-state index contributed by atoms with van der Waals surface area (Å²) in [6, 6.07) is 1.88. The van der Waals surface area contributed by atoms with Gasteiger partial charge in [-0.2, -0.15) is 0 Å². The second-order valence-corrected chi connectivity index (χ2v) is 6.15. The average Bonchev–Trinajstić information content (AvgIpc) is 2.52. The van der Waals surface area contributed by atoms with Crippen LogP contribution in [0.5, 0.6) is 0 Å². The number of rotatable bonds is 2. The third kappa shape index (κ3) is 2.67. The van der Waals surface area contributed by atoms with Crippen molar-refractivity contribution in [2.45, 2.75) is 45.8 Å². The molecule has 0 bridgehead atoms. The summed E-state index contributed by atoms with van der Waals surface area (Å²) < 4.78 is 11.8. The summed E-state index contributed by atoms with van der Waals surface area (Å²) in [5.41, 5.74) is 13.0. The van der Waals surface area contributed by atoms with Crippen molar-refractivity contribution in [1.82, 2.24) is 4.98 Å². The van der Waals surface area contributed by atoms with Crippen molar-refractivity contribution in [2.75, 3.05) is 11.5 Å². The first-order chi connectivity index (χ1) is 9.12. The number of hydrogen-bond acceptors (Lipinski definition) is 5. The highest BCUT2D eigenvalue weighted by Gasteiger charge is 2.49. The van der Waals surface area contributed by atoms with Crippen molar-refractivity contribution in [2.24, 2.45) is 0 Å². The number of pyridine rings is 1. The van der Waals surface area contributed by atoms with Crippen LogP contribution in [0.2, 0.25) is 0 Å². The fraction of sp³-hybridized carbons (Fsp3) is 0.500. The van der Waals surface area contributed by atoms with E-state index in [1.165, 1.54) is 0 Å². The molecular weight excluding hydrogens is 253 g/mol. The summed E-state index contributed by atoms with van der Waals surface area (Å²) in [6.45, 7) is 9.98. The zero-order chi connectivity index (χ0) is 15.1. The number of nitrogens with zero attached hydrogens (tertiary/aromatic N) is 1. The zero-order valence-electron chi connectivity index (χ0n) is 12.7. The molecule has 5 nitrogen and oxygen atoms in total. The van der Waals surface area contributed by atoms with Crippen LogP contribution >= 0.6 is 0 Å². The molecule has 0 aliphatic carbocycles. The molecule has 1 aliphatic rings.